The fourth-order valence-electron chi connectivity index (χ4n) is 2.29. The predicted molar refractivity (Wildman–Crippen MR) is 91.7 cm³/mol. The highest BCUT2D eigenvalue weighted by molar-refractivity contribution is 6.32. The first-order chi connectivity index (χ1) is 12.6. The molecule has 0 spiro atoms. The molecule has 0 fully saturated rings. The van der Waals surface area contributed by atoms with E-state index in [2.05, 4.69) is 15.6 Å². The highest BCUT2D eigenvalue weighted by atomic mass is 35.5. The number of benzene rings is 1. The molecule has 1 aromatic carbocycles. The molecule has 3 N–H and O–H groups in total. The van der Waals surface area contributed by atoms with Crippen LogP contribution in [0.2, 0.25) is 5.02 Å². The Kier molecular flexibility index (Phi) is 6.21. The number of aromatic amines is 1. The van der Waals surface area contributed by atoms with Gasteiger partial charge in [0.25, 0.3) is 17.4 Å². The number of pyridine rings is 1. The van der Waals surface area contributed by atoms with Crippen molar-refractivity contribution in [3.63, 3.8) is 0 Å². The van der Waals surface area contributed by atoms with E-state index < -0.39 is 22.6 Å². The first-order valence-corrected chi connectivity index (χ1v) is 8.03. The number of H-pyrrole nitrogens is 1. The predicted octanol–water partition coefficient (Wildman–Crippen LogP) is 3.23. The number of nitrogens with zero attached hydrogens (tertiary/aromatic N) is 1. The molecular formula is C16H15ClF3N4O3+. The van der Waals surface area contributed by atoms with Crippen LogP contribution in [0, 0.1) is 17.0 Å². The number of amides is 1. The number of carbonyl (C=O) groups is 1. The first-order valence-electron chi connectivity index (χ1n) is 7.65. The second-order valence-electron chi connectivity index (χ2n) is 5.50. The number of rotatable bonds is 6. The molecule has 7 nitrogen and oxygen atoms in total. The van der Waals surface area contributed by atoms with Gasteiger partial charge in [-0.3, -0.25) is 20.2 Å². The number of nitro benzene ring substituents is 1. The summed E-state index contributed by atoms with van der Waals surface area (Å²) in [5, 5.41) is 16.1. The van der Waals surface area contributed by atoms with Crippen LogP contribution in [0.4, 0.5) is 24.7 Å². The molecule has 0 radical (unpaired) electrons. The van der Waals surface area contributed by atoms with Crippen LogP contribution >= 0.6 is 11.6 Å². The highest BCUT2D eigenvalue weighted by Crippen LogP contribution is 2.31. The fourth-order valence-corrected chi connectivity index (χ4v) is 2.53. The molecule has 0 aliphatic rings. The van der Waals surface area contributed by atoms with Crippen molar-refractivity contribution in [3.05, 3.63) is 62.3 Å². The number of halogens is 4. The standard InChI is InChI=1S/C16H14ClF3N4O3/c1-9-11(3-2-4-13(9)24(26)27)15(25)22-6-5-21-14-12(17)7-10(8-23-14)16(18,19)20/h2-4,7-8H,5-6H2,1H3,(H,21,23)(H,22,25)/p+1. The van der Waals surface area contributed by atoms with Crippen LogP contribution in [-0.2, 0) is 6.18 Å². The van der Waals surface area contributed by atoms with Crippen LogP contribution in [0.1, 0.15) is 21.5 Å². The molecule has 2 rings (SSSR count). The summed E-state index contributed by atoms with van der Waals surface area (Å²) < 4.78 is 37.7. The second-order valence-corrected chi connectivity index (χ2v) is 5.91. The summed E-state index contributed by atoms with van der Waals surface area (Å²) in [6, 6.07) is 4.96. The van der Waals surface area contributed by atoms with E-state index in [-0.39, 0.29) is 40.7 Å². The van der Waals surface area contributed by atoms with Crippen molar-refractivity contribution in [3.8, 4) is 0 Å². The number of carbonyl (C=O) groups excluding carboxylic acids is 1. The van der Waals surface area contributed by atoms with Gasteiger partial charge in [0.05, 0.1) is 17.0 Å². The van der Waals surface area contributed by atoms with Gasteiger partial charge in [-0.15, -0.1) is 0 Å². The van der Waals surface area contributed by atoms with E-state index in [1.165, 1.54) is 25.1 Å². The van der Waals surface area contributed by atoms with Crippen molar-refractivity contribution in [1.82, 2.24) is 5.32 Å². The van der Waals surface area contributed by atoms with Crippen molar-refractivity contribution < 1.29 is 27.9 Å². The molecule has 2 aromatic rings. The molecule has 11 heteroatoms. The Balaban J connectivity index is 1.93. The first kappa shape index (κ1) is 20.4. The Bertz CT molecular complexity index is 874. The maximum absolute atomic E-state index is 12.6. The van der Waals surface area contributed by atoms with Gasteiger partial charge in [-0.05, 0) is 19.1 Å². The van der Waals surface area contributed by atoms with Crippen LogP contribution in [0.5, 0.6) is 0 Å². The van der Waals surface area contributed by atoms with Crippen LogP contribution in [0.15, 0.2) is 30.5 Å². The van der Waals surface area contributed by atoms with Gasteiger partial charge in [-0.25, -0.2) is 4.98 Å². The minimum absolute atomic E-state index is 0.117. The average Bonchev–Trinajstić information content (AvgIpc) is 2.58. The van der Waals surface area contributed by atoms with E-state index in [0.29, 0.717) is 0 Å². The summed E-state index contributed by atoms with van der Waals surface area (Å²) in [5.74, 6) is -0.328. The van der Waals surface area contributed by atoms with Gasteiger partial charge < -0.3 is 5.32 Å². The Hall–Kier alpha value is -2.88. The van der Waals surface area contributed by atoms with Gasteiger partial charge in [-0.2, -0.15) is 13.2 Å². The van der Waals surface area contributed by atoms with Crippen molar-refractivity contribution >= 4 is 29.0 Å². The van der Waals surface area contributed by atoms with E-state index in [9.17, 15) is 28.1 Å². The molecule has 0 unspecified atom stereocenters. The normalized spacial score (nSPS) is 11.1. The molecule has 27 heavy (non-hydrogen) atoms. The topological polar surface area (TPSA) is 98.4 Å². The summed E-state index contributed by atoms with van der Waals surface area (Å²) in [4.78, 5) is 24.9. The van der Waals surface area contributed by atoms with E-state index in [4.69, 9.17) is 11.6 Å². The molecule has 0 saturated carbocycles. The lowest BCUT2D eigenvalue weighted by Crippen LogP contribution is -2.30. The summed E-state index contributed by atoms with van der Waals surface area (Å²) >= 11 is 5.80. The molecule has 0 aliphatic carbocycles. The van der Waals surface area contributed by atoms with Crippen LogP contribution in [0.3, 0.4) is 0 Å². The molecule has 0 aliphatic heterocycles. The quantitative estimate of drug-likeness (QED) is 0.439. The second kappa shape index (κ2) is 8.21. The smallest absolute Gasteiger partial charge is 0.348 e. The lowest BCUT2D eigenvalue weighted by atomic mass is 10.1. The van der Waals surface area contributed by atoms with Crippen molar-refractivity contribution in [2.24, 2.45) is 0 Å². The van der Waals surface area contributed by atoms with Crippen LogP contribution in [0.25, 0.3) is 0 Å². The lowest BCUT2D eigenvalue weighted by molar-refractivity contribution is -0.385. The Labute approximate surface area is 156 Å². The zero-order valence-corrected chi connectivity index (χ0v) is 14.7. The van der Waals surface area contributed by atoms with E-state index >= 15 is 0 Å². The minimum Gasteiger partial charge on any atom is -0.348 e. The molecule has 0 atom stereocenters. The monoisotopic (exact) mass is 403 g/mol. The maximum atomic E-state index is 12.6. The van der Waals surface area contributed by atoms with Crippen molar-refractivity contribution in [1.29, 1.82) is 0 Å². The summed E-state index contributed by atoms with van der Waals surface area (Å²) in [5.41, 5.74) is -0.658. The van der Waals surface area contributed by atoms with Crippen molar-refractivity contribution in [2.75, 3.05) is 18.4 Å². The number of nitrogens with one attached hydrogen (secondary N) is 3. The van der Waals surface area contributed by atoms with Gasteiger partial charge in [0.2, 0.25) is 0 Å². The lowest BCUT2D eigenvalue weighted by Gasteiger charge is -2.08. The van der Waals surface area contributed by atoms with E-state index in [1.807, 2.05) is 0 Å². The summed E-state index contributed by atoms with van der Waals surface area (Å²) in [6.45, 7) is 1.76. The Morgan fingerprint density at radius 3 is 2.63 bits per heavy atom. The number of hydrogen-bond acceptors (Lipinski definition) is 4. The van der Waals surface area contributed by atoms with Gasteiger partial charge in [0, 0.05) is 17.2 Å². The molecule has 1 amide bonds. The molecule has 1 aromatic heterocycles. The fraction of sp³-hybridized carbons (Fsp3) is 0.250. The highest BCUT2D eigenvalue weighted by Gasteiger charge is 2.32. The summed E-state index contributed by atoms with van der Waals surface area (Å²) in [6.07, 6.45) is -3.73. The molecule has 0 saturated heterocycles. The zero-order valence-electron chi connectivity index (χ0n) is 14.0. The average molecular weight is 404 g/mol. The maximum Gasteiger partial charge on any atom is 0.419 e. The third-order valence-electron chi connectivity index (χ3n) is 3.68. The van der Waals surface area contributed by atoms with Crippen molar-refractivity contribution in [2.45, 2.75) is 13.1 Å². The Morgan fingerprint density at radius 1 is 1.33 bits per heavy atom. The number of aromatic nitrogens is 1. The van der Waals surface area contributed by atoms with Gasteiger partial charge in [0.1, 0.15) is 17.8 Å². The third-order valence-corrected chi connectivity index (χ3v) is 3.98. The van der Waals surface area contributed by atoms with E-state index in [0.717, 1.165) is 12.3 Å². The molecular weight excluding hydrogens is 389 g/mol. The third kappa shape index (κ3) is 5.07. The number of nitro groups is 1. The molecule has 0 bridgehead atoms. The van der Waals surface area contributed by atoms with Crippen LogP contribution in [-0.4, -0.2) is 23.9 Å². The SMILES string of the molecule is Cc1c(C(=O)NCCNc2[nH+]cc(C(F)(F)F)cc2Cl)cccc1[N+](=O)[O-]. The largest absolute Gasteiger partial charge is 0.419 e. The summed E-state index contributed by atoms with van der Waals surface area (Å²) in [7, 11) is 0. The minimum atomic E-state index is -4.51. The Morgan fingerprint density at radius 2 is 2.04 bits per heavy atom. The molecule has 144 valence electrons. The van der Waals surface area contributed by atoms with Gasteiger partial charge >= 0.3 is 6.18 Å². The number of anilines is 1. The van der Waals surface area contributed by atoms with Gasteiger partial charge in [0.15, 0.2) is 0 Å². The number of alkyl halides is 3. The van der Waals surface area contributed by atoms with Gasteiger partial charge in [-0.1, -0.05) is 17.7 Å². The van der Waals surface area contributed by atoms with E-state index in [1.54, 1.807) is 0 Å². The zero-order chi connectivity index (χ0) is 20.2. The number of hydrogen-bond donors (Lipinski definition) is 2. The molecule has 1 heterocycles. The van der Waals surface area contributed by atoms with Crippen LogP contribution < -0.4 is 15.6 Å².